The Morgan fingerprint density at radius 2 is 1.18 bits per heavy atom. The average Bonchev–Trinajstić information content (AvgIpc) is 3.03. The number of hydrogen-bond acceptors (Lipinski definition) is 5. The number of carbonyl (C=O) groups excluding carboxylic acids is 3. The molecule has 0 aromatic heterocycles. The first-order valence-electron chi connectivity index (χ1n) is 14.5. The minimum absolute atomic E-state index is 0.124. The van der Waals surface area contributed by atoms with Gasteiger partial charge in [0.25, 0.3) is 0 Å². The maximum Gasteiger partial charge on any atom is 0.321 e. The third kappa shape index (κ3) is 7.07. The first kappa shape index (κ1) is 30.3. The fraction of sp³-hybridized carbons (Fsp3) is 0.229. The third-order valence-electron chi connectivity index (χ3n) is 8.16. The van der Waals surface area contributed by atoms with E-state index in [2.05, 4.69) is 0 Å². The molecule has 9 nitrogen and oxygen atoms in total. The van der Waals surface area contributed by atoms with Gasteiger partial charge in [0.1, 0.15) is 5.75 Å². The van der Waals surface area contributed by atoms with Crippen molar-refractivity contribution in [3.63, 3.8) is 0 Å². The van der Waals surface area contributed by atoms with Gasteiger partial charge in [-0.15, -0.1) is 0 Å². The number of aliphatic hydroxyl groups excluding tert-OH is 1. The molecule has 0 saturated carbocycles. The Bertz CT molecular complexity index is 1630. The van der Waals surface area contributed by atoms with Gasteiger partial charge in [0.05, 0.1) is 18.2 Å². The van der Waals surface area contributed by atoms with E-state index >= 15 is 0 Å². The predicted molar refractivity (Wildman–Crippen MR) is 167 cm³/mol. The van der Waals surface area contributed by atoms with Crippen LogP contribution in [0, 0.1) is 0 Å². The molecule has 5 rings (SSSR count). The van der Waals surface area contributed by atoms with Crippen molar-refractivity contribution in [3.8, 4) is 5.75 Å². The molecule has 0 aliphatic carbocycles. The molecule has 4 amide bonds. The van der Waals surface area contributed by atoms with Crippen LogP contribution in [-0.4, -0.2) is 56.0 Å². The van der Waals surface area contributed by atoms with E-state index in [0.717, 1.165) is 11.1 Å². The molecule has 1 aliphatic heterocycles. The smallest absolute Gasteiger partial charge is 0.321 e. The summed E-state index contributed by atoms with van der Waals surface area (Å²) in [7, 11) is 0. The van der Waals surface area contributed by atoms with E-state index in [0.29, 0.717) is 41.5 Å². The van der Waals surface area contributed by atoms with Gasteiger partial charge in [0.2, 0.25) is 11.8 Å². The van der Waals surface area contributed by atoms with Crippen LogP contribution in [0.3, 0.4) is 0 Å². The zero-order chi connectivity index (χ0) is 31.2. The molecule has 0 spiro atoms. The van der Waals surface area contributed by atoms with E-state index < -0.39 is 30.0 Å². The largest absolute Gasteiger partial charge is 0.508 e. The molecule has 0 radical (unpaired) electrons. The molecule has 1 heterocycles. The lowest BCUT2D eigenvalue weighted by atomic mass is 9.88. The number of hydrogen-bond donors (Lipinski definition) is 4. The standard InChI is InChI=1S/C35H36N4O5/c36-33(42)27-10-4-8-25(18-27)21-38-30(17-14-23-6-2-1-3-7-23)32(41)31(20-24-12-15-29(40)16-13-24)39(35(38)44)22-26-9-5-11-28(19-26)34(37)43/h1-13,15-16,18-19,30-32,40-41H,14,17,20-22H2,(H2,36,42)(H2,37,43)/t30-,31-,32-/m1/s1. The second-order valence-corrected chi connectivity index (χ2v) is 11.2. The number of amides is 4. The summed E-state index contributed by atoms with van der Waals surface area (Å²) in [5, 5.41) is 21.9. The van der Waals surface area contributed by atoms with Crippen LogP contribution in [0.1, 0.15) is 49.4 Å². The summed E-state index contributed by atoms with van der Waals surface area (Å²) in [5.74, 6) is -1.02. The van der Waals surface area contributed by atoms with Crippen LogP contribution in [-0.2, 0) is 25.9 Å². The highest BCUT2D eigenvalue weighted by molar-refractivity contribution is 5.93. The zero-order valence-corrected chi connectivity index (χ0v) is 24.3. The quantitative estimate of drug-likeness (QED) is 0.208. The summed E-state index contributed by atoms with van der Waals surface area (Å²) in [5.41, 5.74) is 15.0. The van der Waals surface area contributed by atoms with E-state index in [9.17, 15) is 24.6 Å². The third-order valence-corrected chi connectivity index (χ3v) is 8.16. The molecule has 226 valence electrons. The van der Waals surface area contributed by atoms with Crippen molar-refractivity contribution in [3.05, 3.63) is 137 Å². The SMILES string of the molecule is NC(=O)c1cccc(CN2C(=O)N(Cc3cccc(C(N)=O)c3)[C@H](Cc3ccc(O)cc3)[C@H](O)[C@H]2CCc2ccccc2)c1. The Morgan fingerprint density at radius 1 is 0.659 bits per heavy atom. The summed E-state index contributed by atoms with van der Waals surface area (Å²) < 4.78 is 0. The number of nitrogens with zero attached hydrogens (tertiary/aromatic N) is 2. The summed E-state index contributed by atoms with van der Waals surface area (Å²) in [6.07, 6.45) is 0.531. The van der Waals surface area contributed by atoms with Crippen LogP contribution in [0.25, 0.3) is 0 Å². The number of aromatic hydroxyl groups is 1. The molecule has 9 heteroatoms. The molecular weight excluding hydrogens is 556 g/mol. The number of benzene rings is 4. The average molecular weight is 593 g/mol. The van der Waals surface area contributed by atoms with Crippen molar-refractivity contribution in [2.75, 3.05) is 0 Å². The van der Waals surface area contributed by atoms with Crippen LogP contribution in [0.2, 0.25) is 0 Å². The number of phenolic OH excluding ortho intramolecular Hbond substituents is 1. The van der Waals surface area contributed by atoms with Gasteiger partial charge >= 0.3 is 6.03 Å². The normalized spacial score (nSPS) is 18.3. The van der Waals surface area contributed by atoms with Gasteiger partial charge in [-0.1, -0.05) is 66.7 Å². The molecular formula is C35H36N4O5. The number of aliphatic hydroxyl groups is 1. The lowest BCUT2D eigenvalue weighted by Crippen LogP contribution is -2.66. The van der Waals surface area contributed by atoms with E-state index in [-0.39, 0.29) is 24.9 Å². The Hall–Kier alpha value is -5.15. The molecule has 1 saturated heterocycles. The van der Waals surface area contributed by atoms with Crippen LogP contribution in [0.15, 0.2) is 103 Å². The summed E-state index contributed by atoms with van der Waals surface area (Å²) in [6.45, 7) is 0.281. The number of nitrogens with two attached hydrogens (primary N) is 2. The summed E-state index contributed by atoms with van der Waals surface area (Å²) >= 11 is 0. The number of primary amides is 2. The second-order valence-electron chi connectivity index (χ2n) is 11.2. The fourth-order valence-corrected chi connectivity index (χ4v) is 5.87. The van der Waals surface area contributed by atoms with Gasteiger partial charge in [-0.05, 0) is 77.9 Å². The molecule has 44 heavy (non-hydrogen) atoms. The highest BCUT2D eigenvalue weighted by Gasteiger charge is 2.45. The lowest BCUT2D eigenvalue weighted by molar-refractivity contribution is -0.0453. The molecule has 4 aromatic rings. The lowest BCUT2D eigenvalue weighted by Gasteiger charge is -2.49. The summed E-state index contributed by atoms with van der Waals surface area (Å²) in [6, 6.07) is 28.8. The molecule has 0 unspecified atom stereocenters. The number of phenols is 1. The Kier molecular flexibility index (Phi) is 9.26. The first-order chi connectivity index (χ1) is 21.2. The van der Waals surface area contributed by atoms with Crippen LogP contribution >= 0.6 is 0 Å². The highest BCUT2D eigenvalue weighted by Crippen LogP contribution is 2.31. The van der Waals surface area contributed by atoms with Gasteiger partial charge in [-0.25, -0.2) is 4.79 Å². The van der Waals surface area contributed by atoms with Crippen molar-refractivity contribution in [2.45, 2.75) is 50.5 Å². The van der Waals surface area contributed by atoms with E-state index in [1.165, 1.54) is 0 Å². The fourth-order valence-electron chi connectivity index (χ4n) is 5.87. The van der Waals surface area contributed by atoms with Crippen molar-refractivity contribution in [1.29, 1.82) is 0 Å². The van der Waals surface area contributed by atoms with Crippen LogP contribution in [0.4, 0.5) is 4.79 Å². The number of carbonyl (C=O) groups is 3. The molecule has 0 bridgehead atoms. The molecule has 6 N–H and O–H groups in total. The van der Waals surface area contributed by atoms with Crippen molar-refractivity contribution in [1.82, 2.24) is 9.80 Å². The van der Waals surface area contributed by atoms with Crippen molar-refractivity contribution >= 4 is 17.8 Å². The first-order valence-corrected chi connectivity index (χ1v) is 14.5. The molecule has 1 aliphatic rings. The monoisotopic (exact) mass is 592 g/mol. The Balaban J connectivity index is 1.53. The topological polar surface area (TPSA) is 150 Å². The molecule has 1 fully saturated rings. The number of urea groups is 1. The molecule has 3 atom stereocenters. The summed E-state index contributed by atoms with van der Waals surface area (Å²) in [4.78, 5) is 41.6. The Labute approximate surface area is 256 Å². The molecule has 4 aromatic carbocycles. The van der Waals surface area contributed by atoms with Gasteiger partial charge in [0.15, 0.2) is 0 Å². The van der Waals surface area contributed by atoms with Gasteiger partial charge < -0.3 is 31.5 Å². The van der Waals surface area contributed by atoms with Gasteiger partial charge in [-0.2, -0.15) is 0 Å². The van der Waals surface area contributed by atoms with Crippen molar-refractivity contribution in [2.24, 2.45) is 11.5 Å². The maximum atomic E-state index is 14.5. The van der Waals surface area contributed by atoms with E-state index in [1.54, 1.807) is 70.5 Å². The second kappa shape index (κ2) is 13.4. The van der Waals surface area contributed by atoms with E-state index in [4.69, 9.17) is 11.5 Å². The maximum absolute atomic E-state index is 14.5. The van der Waals surface area contributed by atoms with E-state index in [1.807, 2.05) is 42.5 Å². The minimum Gasteiger partial charge on any atom is -0.508 e. The van der Waals surface area contributed by atoms with Gasteiger partial charge in [-0.3, -0.25) is 9.59 Å². The van der Waals surface area contributed by atoms with Gasteiger partial charge in [0, 0.05) is 24.2 Å². The number of aryl methyl sites for hydroxylation is 1. The minimum atomic E-state index is -0.955. The number of rotatable bonds is 11. The highest BCUT2D eigenvalue weighted by atomic mass is 16.3. The Morgan fingerprint density at radius 3 is 1.73 bits per heavy atom. The zero-order valence-electron chi connectivity index (χ0n) is 24.3. The predicted octanol–water partition coefficient (Wildman–Crippen LogP) is 4.00. The van der Waals surface area contributed by atoms with Crippen molar-refractivity contribution < 1.29 is 24.6 Å². The van der Waals surface area contributed by atoms with Crippen LogP contribution < -0.4 is 11.5 Å². The van der Waals surface area contributed by atoms with Crippen LogP contribution in [0.5, 0.6) is 5.75 Å².